The van der Waals surface area contributed by atoms with Crippen LogP contribution >= 0.6 is 27.7 Å². The molecule has 21 heavy (non-hydrogen) atoms. The first-order valence-corrected chi connectivity index (χ1v) is 8.41. The Bertz CT molecular complexity index is 671. The van der Waals surface area contributed by atoms with Crippen molar-refractivity contribution in [3.05, 3.63) is 63.9 Å². The van der Waals surface area contributed by atoms with Crippen molar-refractivity contribution in [2.24, 2.45) is 0 Å². The third kappa shape index (κ3) is 2.99. The predicted molar refractivity (Wildman–Crippen MR) is 86.1 cm³/mol. The molecular weight excluding hydrogens is 353 g/mol. The number of halogens is 2. The molecule has 1 atom stereocenters. The van der Waals surface area contributed by atoms with Gasteiger partial charge in [-0.3, -0.25) is 4.79 Å². The van der Waals surface area contributed by atoms with Crippen LogP contribution in [-0.4, -0.2) is 11.7 Å². The Morgan fingerprint density at radius 1 is 1.24 bits per heavy atom. The third-order valence-corrected chi connectivity index (χ3v) is 5.24. The summed E-state index contributed by atoms with van der Waals surface area (Å²) in [4.78, 5) is 13.6. The van der Waals surface area contributed by atoms with E-state index in [1.54, 1.807) is 23.9 Å². The molecule has 1 heterocycles. The van der Waals surface area contributed by atoms with Crippen molar-refractivity contribution >= 4 is 33.6 Å². The van der Waals surface area contributed by atoms with E-state index in [2.05, 4.69) is 27.3 Å². The number of fused-ring (bicyclic) bond motifs is 1. The first kappa shape index (κ1) is 14.6. The van der Waals surface area contributed by atoms with Crippen LogP contribution < -0.4 is 5.32 Å². The maximum Gasteiger partial charge on any atom is 0.255 e. The molecule has 1 unspecified atom stereocenters. The molecule has 2 nitrogen and oxygen atoms in total. The second-order valence-corrected chi connectivity index (χ2v) is 6.79. The van der Waals surface area contributed by atoms with Crippen LogP contribution in [0.2, 0.25) is 0 Å². The summed E-state index contributed by atoms with van der Waals surface area (Å²) in [5.74, 6) is 0.0486. The van der Waals surface area contributed by atoms with Gasteiger partial charge in [0.2, 0.25) is 0 Å². The Morgan fingerprint density at radius 3 is 2.86 bits per heavy atom. The number of nitrogens with one attached hydrogen (secondary N) is 1. The van der Waals surface area contributed by atoms with Crippen LogP contribution in [0.4, 0.5) is 4.39 Å². The lowest BCUT2D eigenvalue weighted by Crippen LogP contribution is -2.31. The van der Waals surface area contributed by atoms with Crippen LogP contribution in [0.5, 0.6) is 0 Å². The van der Waals surface area contributed by atoms with Crippen molar-refractivity contribution in [1.82, 2.24) is 5.32 Å². The second-order valence-electron chi connectivity index (χ2n) is 4.80. The SMILES string of the molecule is O=C(NC1CCSc2ccccc21)c1c(F)cccc1Br. The van der Waals surface area contributed by atoms with Crippen molar-refractivity contribution in [2.75, 3.05) is 5.75 Å². The molecule has 0 saturated heterocycles. The fourth-order valence-electron chi connectivity index (χ4n) is 2.44. The van der Waals surface area contributed by atoms with Gasteiger partial charge in [0.15, 0.2) is 0 Å². The highest BCUT2D eigenvalue weighted by atomic mass is 79.9. The zero-order valence-corrected chi connectivity index (χ0v) is 13.5. The Morgan fingerprint density at radius 2 is 2.05 bits per heavy atom. The largest absolute Gasteiger partial charge is 0.345 e. The molecule has 3 rings (SSSR count). The zero-order chi connectivity index (χ0) is 14.8. The van der Waals surface area contributed by atoms with Crippen molar-refractivity contribution in [3.63, 3.8) is 0 Å². The summed E-state index contributed by atoms with van der Waals surface area (Å²) in [5.41, 5.74) is 1.17. The minimum Gasteiger partial charge on any atom is -0.345 e. The lowest BCUT2D eigenvalue weighted by Gasteiger charge is -2.26. The average Bonchev–Trinajstić information content (AvgIpc) is 2.47. The van der Waals surface area contributed by atoms with Gasteiger partial charge in [0.1, 0.15) is 5.82 Å². The lowest BCUT2D eigenvalue weighted by molar-refractivity contribution is 0.0930. The highest BCUT2D eigenvalue weighted by Crippen LogP contribution is 2.36. The third-order valence-electron chi connectivity index (χ3n) is 3.45. The number of thioether (sulfide) groups is 1. The predicted octanol–water partition coefficient (Wildman–Crippen LogP) is 4.56. The molecule has 0 spiro atoms. The van der Waals surface area contributed by atoms with Crippen molar-refractivity contribution in [1.29, 1.82) is 0 Å². The normalized spacial score (nSPS) is 17.1. The molecule has 0 bridgehead atoms. The molecule has 0 fully saturated rings. The van der Waals surface area contributed by atoms with E-state index in [9.17, 15) is 9.18 Å². The van der Waals surface area contributed by atoms with Crippen molar-refractivity contribution in [3.8, 4) is 0 Å². The van der Waals surface area contributed by atoms with E-state index < -0.39 is 5.82 Å². The summed E-state index contributed by atoms with van der Waals surface area (Å²) < 4.78 is 14.3. The molecule has 0 aromatic heterocycles. The molecule has 1 N–H and O–H groups in total. The summed E-state index contributed by atoms with van der Waals surface area (Å²) >= 11 is 5.03. The molecule has 0 saturated carbocycles. The second kappa shape index (κ2) is 6.20. The van der Waals surface area contributed by atoms with E-state index in [4.69, 9.17) is 0 Å². The van der Waals surface area contributed by atoms with Crippen molar-refractivity contribution in [2.45, 2.75) is 17.4 Å². The van der Waals surface area contributed by atoms with Gasteiger partial charge in [-0.1, -0.05) is 24.3 Å². The number of rotatable bonds is 2. The fraction of sp³-hybridized carbons (Fsp3) is 0.188. The molecule has 0 radical (unpaired) electrons. The zero-order valence-electron chi connectivity index (χ0n) is 11.1. The molecule has 1 amide bonds. The highest BCUT2D eigenvalue weighted by Gasteiger charge is 2.24. The average molecular weight is 366 g/mol. The Balaban J connectivity index is 1.86. The van der Waals surface area contributed by atoms with Gasteiger partial charge in [-0.25, -0.2) is 4.39 Å². The van der Waals surface area contributed by atoms with Gasteiger partial charge in [0.05, 0.1) is 11.6 Å². The number of benzene rings is 2. The molecular formula is C16H13BrFNOS. The van der Waals surface area contributed by atoms with E-state index >= 15 is 0 Å². The first-order valence-electron chi connectivity index (χ1n) is 6.63. The minimum absolute atomic E-state index is 0.0632. The standard InChI is InChI=1S/C16H13BrFNOS/c17-11-5-3-6-12(18)15(11)16(20)19-13-8-9-21-14-7-2-1-4-10(13)14/h1-7,13H,8-9H2,(H,19,20). The van der Waals surface area contributed by atoms with Crippen LogP contribution in [-0.2, 0) is 0 Å². The Hall–Kier alpha value is -1.33. The number of hydrogen-bond donors (Lipinski definition) is 1. The van der Waals surface area contributed by atoms with Gasteiger partial charge in [-0.2, -0.15) is 0 Å². The van der Waals surface area contributed by atoms with Gasteiger partial charge >= 0.3 is 0 Å². The topological polar surface area (TPSA) is 29.1 Å². The minimum atomic E-state index is -0.514. The van der Waals surface area contributed by atoms with Crippen LogP contribution in [0.1, 0.15) is 28.4 Å². The quantitative estimate of drug-likeness (QED) is 0.845. The van der Waals surface area contributed by atoms with E-state index in [1.807, 2.05) is 18.2 Å². The van der Waals surface area contributed by atoms with Gasteiger partial charge < -0.3 is 5.32 Å². The Labute approximate surface area is 135 Å². The van der Waals surface area contributed by atoms with Gasteiger partial charge in [0, 0.05) is 15.1 Å². The van der Waals surface area contributed by atoms with Crippen LogP contribution in [0.25, 0.3) is 0 Å². The summed E-state index contributed by atoms with van der Waals surface area (Å²) in [5, 5.41) is 2.95. The van der Waals surface area contributed by atoms with Crippen LogP contribution in [0.3, 0.4) is 0 Å². The maximum atomic E-state index is 13.9. The van der Waals surface area contributed by atoms with E-state index in [1.165, 1.54) is 11.0 Å². The van der Waals surface area contributed by atoms with Gasteiger partial charge in [-0.15, -0.1) is 11.8 Å². The fourth-order valence-corrected chi connectivity index (χ4v) is 4.08. The number of carbonyl (C=O) groups is 1. The smallest absolute Gasteiger partial charge is 0.255 e. The first-order chi connectivity index (χ1) is 10.2. The molecule has 2 aromatic carbocycles. The number of carbonyl (C=O) groups excluding carboxylic acids is 1. The van der Waals surface area contributed by atoms with Crippen molar-refractivity contribution < 1.29 is 9.18 Å². The molecule has 2 aromatic rings. The summed E-state index contributed by atoms with van der Waals surface area (Å²) in [6, 6.07) is 12.5. The van der Waals surface area contributed by atoms with Gasteiger partial charge in [-0.05, 0) is 46.1 Å². The van der Waals surface area contributed by atoms with E-state index in [0.717, 1.165) is 17.7 Å². The highest BCUT2D eigenvalue weighted by molar-refractivity contribution is 9.10. The Kier molecular flexibility index (Phi) is 4.31. The van der Waals surface area contributed by atoms with Gasteiger partial charge in [0.25, 0.3) is 5.91 Å². The summed E-state index contributed by atoms with van der Waals surface area (Å²) in [6.07, 6.45) is 0.847. The van der Waals surface area contributed by atoms with Crippen LogP contribution in [0.15, 0.2) is 51.8 Å². The molecule has 1 aliphatic heterocycles. The summed E-state index contributed by atoms with van der Waals surface area (Å²) in [7, 11) is 0. The molecule has 5 heteroatoms. The van der Waals surface area contributed by atoms with E-state index in [0.29, 0.717) is 4.47 Å². The molecule has 1 aliphatic rings. The lowest BCUT2D eigenvalue weighted by atomic mass is 10.0. The number of amides is 1. The molecule has 0 aliphatic carbocycles. The number of hydrogen-bond acceptors (Lipinski definition) is 2. The molecule has 108 valence electrons. The van der Waals surface area contributed by atoms with E-state index in [-0.39, 0.29) is 17.5 Å². The maximum absolute atomic E-state index is 13.9. The summed E-state index contributed by atoms with van der Waals surface area (Å²) in [6.45, 7) is 0. The monoisotopic (exact) mass is 365 g/mol. The van der Waals surface area contributed by atoms with Crippen LogP contribution in [0, 0.1) is 5.82 Å².